The minimum absolute atomic E-state index is 0. The SMILES string of the molecule is CCN(CCCNC(=NC)NCc1cccc(N(C)C)n1)c1ccccc1.I. The Kier molecular flexibility index (Phi) is 11.3. The van der Waals surface area contributed by atoms with E-state index in [2.05, 4.69) is 62.8 Å². The van der Waals surface area contributed by atoms with Crippen LogP contribution in [0.5, 0.6) is 0 Å². The van der Waals surface area contributed by atoms with Crippen LogP contribution in [0.1, 0.15) is 19.0 Å². The summed E-state index contributed by atoms with van der Waals surface area (Å²) in [5.74, 6) is 1.76. The molecule has 2 aromatic rings. The number of anilines is 2. The summed E-state index contributed by atoms with van der Waals surface area (Å²) in [4.78, 5) is 13.3. The van der Waals surface area contributed by atoms with Gasteiger partial charge in [0.1, 0.15) is 5.82 Å². The van der Waals surface area contributed by atoms with Crippen molar-refractivity contribution < 1.29 is 0 Å². The Morgan fingerprint density at radius 1 is 1.04 bits per heavy atom. The van der Waals surface area contributed by atoms with E-state index in [0.29, 0.717) is 6.54 Å². The van der Waals surface area contributed by atoms with Crippen molar-refractivity contribution in [3.63, 3.8) is 0 Å². The van der Waals surface area contributed by atoms with E-state index in [-0.39, 0.29) is 24.0 Å². The number of nitrogens with zero attached hydrogens (tertiary/aromatic N) is 4. The molecule has 1 heterocycles. The number of hydrogen-bond donors (Lipinski definition) is 2. The van der Waals surface area contributed by atoms with Crippen molar-refractivity contribution in [2.45, 2.75) is 19.9 Å². The van der Waals surface area contributed by atoms with E-state index in [9.17, 15) is 0 Å². The molecule has 0 spiro atoms. The number of nitrogens with one attached hydrogen (secondary N) is 2. The smallest absolute Gasteiger partial charge is 0.191 e. The predicted octanol–water partition coefficient (Wildman–Crippen LogP) is 3.35. The zero-order valence-electron chi connectivity index (χ0n) is 17.4. The predicted molar refractivity (Wildman–Crippen MR) is 131 cm³/mol. The Labute approximate surface area is 186 Å². The molecule has 154 valence electrons. The molecule has 0 atom stereocenters. The van der Waals surface area contributed by atoms with Crippen LogP contribution in [0.25, 0.3) is 0 Å². The first-order chi connectivity index (χ1) is 13.1. The fraction of sp³-hybridized carbons (Fsp3) is 0.429. The van der Waals surface area contributed by atoms with Gasteiger partial charge in [0, 0.05) is 46.5 Å². The zero-order valence-corrected chi connectivity index (χ0v) is 19.7. The molecule has 0 fully saturated rings. The molecular formula is C21H33IN6. The second kappa shape index (κ2) is 13.2. The number of aliphatic imine (C=N–C) groups is 1. The minimum Gasteiger partial charge on any atom is -0.372 e. The molecule has 2 N–H and O–H groups in total. The standard InChI is InChI=1S/C21H32N6.HI/c1-5-27(19-12-7-6-8-13-19)16-10-15-23-21(22-2)24-17-18-11-9-14-20(25-18)26(3)4;/h6-9,11-14H,5,10,15-17H2,1-4H3,(H2,22,23,24);1H. The highest BCUT2D eigenvalue weighted by Crippen LogP contribution is 2.12. The molecular weight excluding hydrogens is 463 g/mol. The second-order valence-corrected chi connectivity index (χ2v) is 6.50. The van der Waals surface area contributed by atoms with Crippen LogP contribution in [-0.4, -0.2) is 51.7 Å². The third-order valence-corrected chi connectivity index (χ3v) is 4.31. The van der Waals surface area contributed by atoms with Gasteiger partial charge in [-0.3, -0.25) is 4.99 Å². The maximum atomic E-state index is 4.62. The van der Waals surface area contributed by atoms with Crippen molar-refractivity contribution in [1.82, 2.24) is 15.6 Å². The lowest BCUT2D eigenvalue weighted by molar-refractivity contribution is 0.706. The molecule has 0 amide bonds. The zero-order chi connectivity index (χ0) is 19.5. The van der Waals surface area contributed by atoms with Gasteiger partial charge in [-0.25, -0.2) is 4.98 Å². The first-order valence-corrected chi connectivity index (χ1v) is 9.51. The van der Waals surface area contributed by atoms with Crippen molar-refractivity contribution in [3.05, 3.63) is 54.2 Å². The number of hydrogen-bond acceptors (Lipinski definition) is 4. The largest absolute Gasteiger partial charge is 0.372 e. The third-order valence-electron chi connectivity index (χ3n) is 4.31. The van der Waals surface area contributed by atoms with Crippen LogP contribution in [0.4, 0.5) is 11.5 Å². The van der Waals surface area contributed by atoms with E-state index in [1.54, 1.807) is 7.05 Å². The van der Waals surface area contributed by atoms with Crippen LogP contribution in [0.2, 0.25) is 0 Å². The first kappa shape index (κ1) is 24.0. The topological polar surface area (TPSA) is 55.8 Å². The Bertz CT molecular complexity index is 705. The second-order valence-electron chi connectivity index (χ2n) is 6.50. The van der Waals surface area contributed by atoms with E-state index in [1.807, 2.05) is 37.2 Å². The van der Waals surface area contributed by atoms with Crippen LogP contribution >= 0.6 is 24.0 Å². The molecule has 0 bridgehead atoms. The molecule has 0 saturated carbocycles. The number of guanidine groups is 1. The van der Waals surface area contributed by atoms with Gasteiger partial charge >= 0.3 is 0 Å². The fourth-order valence-electron chi connectivity index (χ4n) is 2.79. The fourth-order valence-corrected chi connectivity index (χ4v) is 2.79. The summed E-state index contributed by atoms with van der Waals surface area (Å²) >= 11 is 0. The molecule has 1 aromatic carbocycles. The number of aromatic nitrogens is 1. The number of pyridine rings is 1. The highest BCUT2D eigenvalue weighted by atomic mass is 127. The lowest BCUT2D eigenvalue weighted by Crippen LogP contribution is -2.38. The summed E-state index contributed by atoms with van der Waals surface area (Å²) in [7, 11) is 5.78. The normalized spacial score (nSPS) is 10.8. The summed E-state index contributed by atoms with van der Waals surface area (Å²) in [5.41, 5.74) is 2.26. The van der Waals surface area contributed by atoms with Crippen LogP contribution in [0.15, 0.2) is 53.5 Å². The summed E-state index contributed by atoms with van der Waals surface area (Å²) in [5, 5.41) is 6.71. The van der Waals surface area contributed by atoms with Crippen LogP contribution < -0.4 is 20.4 Å². The number of rotatable bonds is 9. The molecule has 0 aliphatic rings. The van der Waals surface area contributed by atoms with Gasteiger partial charge in [-0.15, -0.1) is 24.0 Å². The molecule has 0 saturated heterocycles. The van der Waals surface area contributed by atoms with E-state index in [1.165, 1.54) is 5.69 Å². The highest BCUT2D eigenvalue weighted by molar-refractivity contribution is 14.0. The highest BCUT2D eigenvalue weighted by Gasteiger charge is 2.04. The maximum Gasteiger partial charge on any atom is 0.191 e. The lowest BCUT2D eigenvalue weighted by atomic mass is 10.2. The van der Waals surface area contributed by atoms with Gasteiger partial charge in [0.2, 0.25) is 0 Å². The quantitative estimate of drug-likeness (QED) is 0.242. The molecule has 2 rings (SSSR count). The molecule has 0 aliphatic heterocycles. The molecule has 6 nitrogen and oxygen atoms in total. The monoisotopic (exact) mass is 496 g/mol. The molecule has 7 heteroatoms. The molecule has 0 unspecified atom stereocenters. The van der Waals surface area contributed by atoms with Gasteiger partial charge in [0.25, 0.3) is 0 Å². The van der Waals surface area contributed by atoms with Gasteiger partial charge in [-0.05, 0) is 37.6 Å². The Morgan fingerprint density at radius 3 is 2.43 bits per heavy atom. The van der Waals surface area contributed by atoms with Gasteiger partial charge in [0.05, 0.1) is 12.2 Å². The van der Waals surface area contributed by atoms with E-state index in [0.717, 1.165) is 43.5 Å². The summed E-state index contributed by atoms with van der Waals surface area (Å²) in [6.07, 6.45) is 1.04. The minimum atomic E-state index is 0. The van der Waals surface area contributed by atoms with Gasteiger partial charge in [-0.2, -0.15) is 0 Å². The van der Waals surface area contributed by atoms with Gasteiger partial charge in [-0.1, -0.05) is 24.3 Å². The van der Waals surface area contributed by atoms with Crippen LogP contribution in [-0.2, 0) is 6.54 Å². The first-order valence-electron chi connectivity index (χ1n) is 9.51. The third kappa shape index (κ3) is 7.92. The Morgan fingerprint density at radius 2 is 1.79 bits per heavy atom. The number of para-hydroxylation sites is 1. The average Bonchev–Trinajstić information content (AvgIpc) is 2.71. The van der Waals surface area contributed by atoms with Crippen molar-refractivity contribution >= 4 is 41.4 Å². The molecule has 0 radical (unpaired) electrons. The van der Waals surface area contributed by atoms with Crippen molar-refractivity contribution in [2.75, 3.05) is 50.6 Å². The van der Waals surface area contributed by atoms with Crippen LogP contribution in [0.3, 0.4) is 0 Å². The summed E-state index contributed by atoms with van der Waals surface area (Å²) in [6, 6.07) is 16.6. The Hall–Kier alpha value is -2.03. The van der Waals surface area contributed by atoms with Crippen LogP contribution in [0, 0.1) is 0 Å². The number of halogens is 1. The molecule has 28 heavy (non-hydrogen) atoms. The van der Waals surface area contributed by atoms with Crippen molar-refractivity contribution in [1.29, 1.82) is 0 Å². The lowest BCUT2D eigenvalue weighted by Gasteiger charge is -2.23. The molecule has 0 aliphatic carbocycles. The summed E-state index contributed by atoms with van der Waals surface area (Å²) in [6.45, 7) is 5.72. The number of benzene rings is 1. The van der Waals surface area contributed by atoms with Crippen molar-refractivity contribution in [3.8, 4) is 0 Å². The van der Waals surface area contributed by atoms with Crippen molar-refractivity contribution in [2.24, 2.45) is 4.99 Å². The molecule has 1 aromatic heterocycles. The van der Waals surface area contributed by atoms with Gasteiger partial charge in [0.15, 0.2) is 5.96 Å². The average molecular weight is 496 g/mol. The van der Waals surface area contributed by atoms with E-state index in [4.69, 9.17) is 0 Å². The Balaban J connectivity index is 0.00000392. The van der Waals surface area contributed by atoms with E-state index < -0.39 is 0 Å². The summed E-state index contributed by atoms with van der Waals surface area (Å²) < 4.78 is 0. The van der Waals surface area contributed by atoms with Gasteiger partial charge < -0.3 is 20.4 Å². The maximum absolute atomic E-state index is 4.62. The van der Waals surface area contributed by atoms with E-state index >= 15 is 0 Å².